The molecule has 0 aliphatic heterocycles. The fourth-order valence-electron chi connectivity index (χ4n) is 0.830. The molecule has 0 amide bonds. The molecule has 1 rings (SSSR count). The molecule has 0 saturated heterocycles. The maximum atomic E-state index is 10.0. The molecule has 1 aromatic rings. The van der Waals surface area contributed by atoms with Crippen LogP contribution in [-0.2, 0) is 0 Å². The number of nitrogens with zero attached hydrogens (tertiary/aromatic N) is 1. The highest BCUT2D eigenvalue weighted by atomic mass is 16.6. The molecule has 0 aliphatic carbocycles. The summed E-state index contributed by atoms with van der Waals surface area (Å²) in [6.07, 6.45) is 2.28. The van der Waals surface area contributed by atoms with Gasteiger partial charge in [0.25, 0.3) is 0 Å². The van der Waals surface area contributed by atoms with Crippen LogP contribution >= 0.6 is 0 Å². The molecule has 0 aliphatic rings. The molecule has 1 radical (unpaired) electrons. The lowest BCUT2D eigenvalue weighted by Crippen LogP contribution is -1.85. The smallest absolute Gasteiger partial charge is 0.235 e. The highest BCUT2D eigenvalue weighted by molar-refractivity contribution is 5.50. The molecule has 67 valence electrons. The van der Waals surface area contributed by atoms with E-state index in [4.69, 9.17) is 4.74 Å². The van der Waals surface area contributed by atoms with Crippen molar-refractivity contribution < 1.29 is 9.66 Å². The Bertz CT molecular complexity index is 333. The molecular weight excluding hydrogens is 170 g/mol. The first-order valence-electron chi connectivity index (χ1n) is 3.60. The third kappa shape index (κ3) is 2.94. The first kappa shape index (κ1) is 9.25. The minimum absolute atomic E-state index is 0.511. The van der Waals surface area contributed by atoms with Crippen LogP contribution in [0, 0.1) is 16.2 Å². The van der Waals surface area contributed by atoms with Gasteiger partial charge in [-0.3, -0.25) is 10.1 Å². The summed E-state index contributed by atoms with van der Waals surface area (Å²) < 4.78 is 4.90. The van der Waals surface area contributed by atoms with Crippen molar-refractivity contribution in [3.05, 3.63) is 46.1 Å². The first-order valence-corrected chi connectivity index (χ1v) is 3.60. The summed E-state index contributed by atoms with van der Waals surface area (Å²) in [7, 11) is 1.52. The topological polar surface area (TPSA) is 52.4 Å². The Labute approximate surface area is 75.6 Å². The van der Waals surface area contributed by atoms with E-state index in [-0.39, 0.29) is 0 Å². The number of hydrogen-bond donors (Lipinski definition) is 0. The molecule has 0 saturated carbocycles. The van der Waals surface area contributed by atoms with Crippen LogP contribution in [0.5, 0.6) is 5.75 Å². The van der Waals surface area contributed by atoms with Crippen molar-refractivity contribution in [2.45, 2.75) is 0 Å². The van der Waals surface area contributed by atoms with Gasteiger partial charge in [0.2, 0.25) is 6.20 Å². The minimum Gasteiger partial charge on any atom is -0.496 e. The number of benzene rings is 1. The van der Waals surface area contributed by atoms with E-state index in [1.807, 2.05) is 0 Å². The van der Waals surface area contributed by atoms with Crippen LogP contribution < -0.4 is 4.74 Å². The SMILES string of the molecule is COc1[c]ccc(/C=C/[N+](=O)[O-])c1. The third-order valence-electron chi connectivity index (χ3n) is 1.41. The van der Waals surface area contributed by atoms with E-state index < -0.39 is 4.92 Å². The fraction of sp³-hybridized carbons (Fsp3) is 0.111. The van der Waals surface area contributed by atoms with Crippen molar-refractivity contribution in [2.24, 2.45) is 0 Å². The molecule has 0 N–H and O–H groups in total. The quantitative estimate of drug-likeness (QED) is 0.523. The van der Waals surface area contributed by atoms with Gasteiger partial charge in [0.05, 0.1) is 12.0 Å². The Morgan fingerprint density at radius 2 is 2.46 bits per heavy atom. The highest BCUT2D eigenvalue weighted by Crippen LogP contribution is 2.12. The van der Waals surface area contributed by atoms with E-state index in [1.165, 1.54) is 13.2 Å². The molecule has 0 unspecified atom stereocenters. The Hall–Kier alpha value is -1.84. The number of hydrogen-bond acceptors (Lipinski definition) is 3. The van der Waals surface area contributed by atoms with Gasteiger partial charge in [-0.15, -0.1) is 0 Å². The maximum absolute atomic E-state index is 10.0. The molecule has 0 heterocycles. The fourth-order valence-corrected chi connectivity index (χ4v) is 0.830. The monoisotopic (exact) mass is 178 g/mol. The van der Waals surface area contributed by atoms with Crippen molar-refractivity contribution in [3.63, 3.8) is 0 Å². The van der Waals surface area contributed by atoms with Crippen LogP contribution in [0.3, 0.4) is 0 Å². The largest absolute Gasteiger partial charge is 0.496 e. The van der Waals surface area contributed by atoms with E-state index in [2.05, 4.69) is 6.07 Å². The van der Waals surface area contributed by atoms with Gasteiger partial charge in [0, 0.05) is 12.1 Å². The number of methoxy groups -OCH3 is 1. The van der Waals surface area contributed by atoms with Crippen LogP contribution in [0.25, 0.3) is 6.08 Å². The summed E-state index contributed by atoms with van der Waals surface area (Å²) in [4.78, 5) is 9.50. The minimum atomic E-state index is -0.511. The lowest BCUT2D eigenvalue weighted by Gasteiger charge is -1.97. The van der Waals surface area contributed by atoms with E-state index >= 15 is 0 Å². The summed E-state index contributed by atoms with van der Waals surface area (Å²) in [6, 6.07) is 7.85. The summed E-state index contributed by atoms with van der Waals surface area (Å²) in [5.74, 6) is 0.561. The van der Waals surface area contributed by atoms with Gasteiger partial charge < -0.3 is 4.74 Å². The van der Waals surface area contributed by atoms with Crippen LogP contribution in [0.2, 0.25) is 0 Å². The van der Waals surface area contributed by atoms with Gasteiger partial charge in [-0.05, 0) is 17.7 Å². The molecule has 1 aromatic carbocycles. The van der Waals surface area contributed by atoms with Gasteiger partial charge in [-0.25, -0.2) is 0 Å². The highest BCUT2D eigenvalue weighted by Gasteiger charge is 1.93. The van der Waals surface area contributed by atoms with Crippen LogP contribution in [0.1, 0.15) is 5.56 Å². The third-order valence-corrected chi connectivity index (χ3v) is 1.41. The second-order valence-corrected chi connectivity index (χ2v) is 2.29. The Balaban J connectivity index is 2.83. The van der Waals surface area contributed by atoms with Crippen molar-refractivity contribution in [2.75, 3.05) is 7.11 Å². The predicted octanol–water partition coefficient (Wildman–Crippen LogP) is 1.74. The van der Waals surface area contributed by atoms with E-state index in [1.54, 1.807) is 18.2 Å². The standard InChI is InChI=1S/C9H8NO3/c1-13-9-4-2-3-8(7-9)5-6-10(11)12/h2-3,5-7H,1H3/b6-5+. The van der Waals surface area contributed by atoms with Gasteiger partial charge in [0.1, 0.15) is 5.75 Å². The summed E-state index contributed by atoms with van der Waals surface area (Å²) in [6.45, 7) is 0. The predicted molar refractivity (Wildman–Crippen MR) is 47.9 cm³/mol. The Kier molecular flexibility index (Phi) is 3.03. The van der Waals surface area contributed by atoms with Gasteiger partial charge >= 0.3 is 0 Å². The van der Waals surface area contributed by atoms with Gasteiger partial charge in [-0.2, -0.15) is 0 Å². The maximum Gasteiger partial charge on any atom is 0.235 e. The molecule has 4 heteroatoms. The molecule has 0 fully saturated rings. The van der Waals surface area contributed by atoms with Crippen molar-refractivity contribution in [3.8, 4) is 5.75 Å². The average Bonchev–Trinajstić information content (AvgIpc) is 2.15. The summed E-state index contributed by atoms with van der Waals surface area (Å²) >= 11 is 0. The van der Waals surface area contributed by atoms with Crippen LogP contribution in [0.4, 0.5) is 0 Å². The Morgan fingerprint density at radius 3 is 3.08 bits per heavy atom. The molecule has 13 heavy (non-hydrogen) atoms. The summed E-state index contributed by atoms with van der Waals surface area (Å²) in [5, 5.41) is 10.0. The zero-order valence-corrected chi connectivity index (χ0v) is 7.06. The van der Waals surface area contributed by atoms with Crippen molar-refractivity contribution in [1.29, 1.82) is 0 Å². The average molecular weight is 178 g/mol. The lowest BCUT2D eigenvalue weighted by atomic mass is 10.2. The molecule has 0 spiro atoms. The van der Waals surface area contributed by atoms with E-state index in [0.717, 1.165) is 6.20 Å². The van der Waals surface area contributed by atoms with Crippen LogP contribution in [-0.4, -0.2) is 12.0 Å². The van der Waals surface area contributed by atoms with E-state index in [0.29, 0.717) is 11.3 Å². The molecule has 0 aromatic heterocycles. The second-order valence-electron chi connectivity index (χ2n) is 2.29. The van der Waals surface area contributed by atoms with Crippen molar-refractivity contribution in [1.82, 2.24) is 0 Å². The summed E-state index contributed by atoms with van der Waals surface area (Å²) in [5.41, 5.74) is 0.715. The Morgan fingerprint density at radius 1 is 1.69 bits per heavy atom. The normalized spacial score (nSPS) is 10.2. The molecule has 4 nitrogen and oxygen atoms in total. The molecule has 0 atom stereocenters. The number of nitro groups is 1. The van der Waals surface area contributed by atoms with Gasteiger partial charge in [0.15, 0.2) is 0 Å². The second kappa shape index (κ2) is 4.25. The van der Waals surface area contributed by atoms with Crippen molar-refractivity contribution >= 4 is 6.08 Å². The zero-order valence-electron chi connectivity index (χ0n) is 7.06. The zero-order chi connectivity index (χ0) is 9.68. The van der Waals surface area contributed by atoms with E-state index in [9.17, 15) is 10.1 Å². The van der Waals surface area contributed by atoms with Gasteiger partial charge in [-0.1, -0.05) is 6.07 Å². The first-order chi connectivity index (χ1) is 6.22. The lowest BCUT2D eigenvalue weighted by molar-refractivity contribution is -0.400. The number of ether oxygens (including phenoxy) is 1. The molecule has 0 bridgehead atoms. The number of rotatable bonds is 3. The molecular formula is C9H8NO3. The van der Waals surface area contributed by atoms with Crippen LogP contribution in [0.15, 0.2) is 24.4 Å².